The molecular weight excluding hydrogens is 368 g/mol. The first-order valence-electron chi connectivity index (χ1n) is 13.0. The normalized spacial score (nSPS) is 11.8. The third-order valence-electron chi connectivity index (χ3n) is 5.88. The van der Waals surface area contributed by atoms with Crippen LogP contribution in [0.5, 0.6) is 0 Å². The summed E-state index contributed by atoms with van der Waals surface area (Å²) in [5.41, 5.74) is 1.19. The quantitative estimate of drug-likeness (QED) is 0.146. The Bertz CT molecular complexity index is 469. The monoisotopic (exact) mass is 418 g/mol. The molecule has 1 aromatic rings. The zero-order valence-electron chi connectivity index (χ0n) is 20.4. The predicted molar refractivity (Wildman–Crippen MR) is 131 cm³/mol. The first kappa shape index (κ1) is 27.2. The Hall–Kier alpha value is -0.860. The molecule has 0 aliphatic carbocycles. The maximum atomic E-state index is 5.95. The third kappa shape index (κ3) is 16.9. The molecule has 0 fully saturated rings. The number of benzene rings is 1. The molecule has 0 saturated carbocycles. The van der Waals surface area contributed by atoms with Gasteiger partial charge in [-0.2, -0.15) is 0 Å². The smallest absolute Gasteiger partial charge is 0.163 e. The van der Waals surface area contributed by atoms with Crippen LogP contribution in [0.3, 0.4) is 0 Å². The largest absolute Gasteiger partial charge is 0.351 e. The molecule has 174 valence electrons. The predicted octanol–water partition coefficient (Wildman–Crippen LogP) is 9.22. The zero-order chi connectivity index (χ0) is 21.8. The van der Waals surface area contributed by atoms with Crippen molar-refractivity contribution in [1.82, 2.24) is 0 Å². The van der Waals surface area contributed by atoms with Gasteiger partial charge in [0, 0.05) is 6.61 Å². The summed E-state index contributed by atoms with van der Waals surface area (Å²) in [6.45, 7) is 7.72. The molecule has 0 amide bonds. The number of rotatable bonds is 21. The number of ether oxygens (including phenoxy) is 2. The fourth-order valence-electron chi connectivity index (χ4n) is 3.84. The molecule has 1 rings (SSSR count). The van der Waals surface area contributed by atoms with Crippen molar-refractivity contribution in [3.63, 3.8) is 0 Å². The highest BCUT2D eigenvalue weighted by Gasteiger charge is 2.18. The van der Waals surface area contributed by atoms with E-state index in [1.54, 1.807) is 0 Å². The van der Waals surface area contributed by atoms with E-state index in [0.29, 0.717) is 6.61 Å². The molecule has 0 radical (unpaired) electrons. The van der Waals surface area contributed by atoms with Crippen LogP contribution in [0, 0.1) is 0 Å². The van der Waals surface area contributed by atoms with Crippen LogP contribution in [0.4, 0.5) is 0 Å². The average molecular weight is 419 g/mol. The van der Waals surface area contributed by atoms with Gasteiger partial charge in [0.25, 0.3) is 0 Å². The van der Waals surface area contributed by atoms with Gasteiger partial charge in [-0.25, -0.2) is 0 Å². The Labute approximate surface area is 188 Å². The molecule has 0 saturated heterocycles. The topological polar surface area (TPSA) is 18.5 Å². The maximum absolute atomic E-state index is 5.95. The van der Waals surface area contributed by atoms with Crippen LogP contribution in [0.15, 0.2) is 30.3 Å². The second-order valence-corrected chi connectivity index (χ2v) is 9.33. The van der Waals surface area contributed by atoms with Gasteiger partial charge in [0.1, 0.15) is 0 Å². The van der Waals surface area contributed by atoms with Crippen molar-refractivity contribution in [2.24, 2.45) is 0 Å². The fourth-order valence-corrected chi connectivity index (χ4v) is 3.84. The van der Waals surface area contributed by atoms with Gasteiger partial charge in [0.15, 0.2) is 5.79 Å². The van der Waals surface area contributed by atoms with Crippen LogP contribution >= 0.6 is 0 Å². The molecule has 0 bridgehead atoms. The zero-order valence-corrected chi connectivity index (χ0v) is 20.4. The van der Waals surface area contributed by atoms with Crippen molar-refractivity contribution in [2.45, 2.75) is 136 Å². The lowest BCUT2D eigenvalue weighted by atomic mass is 10.0. The summed E-state index contributed by atoms with van der Waals surface area (Å²) in [6, 6.07) is 10.3. The summed E-state index contributed by atoms with van der Waals surface area (Å²) in [5.74, 6) is -0.509. The standard InChI is InChI=1S/C28H50O2/c1-4-5-6-7-8-9-10-11-12-13-14-15-16-17-18-22-25-29-28(2,3)30-26-27-23-20-19-21-24-27/h19-21,23-24H,4-18,22,25-26H2,1-3H3. The number of hydrogen-bond donors (Lipinski definition) is 0. The van der Waals surface area contributed by atoms with Gasteiger partial charge in [0.05, 0.1) is 6.61 Å². The van der Waals surface area contributed by atoms with Crippen molar-refractivity contribution in [1.29, 1.82) is 0 Å². The van der Waals surface area contributed by atoms with Crippen molar-refractivity contribution in [3.05, 3.63) is 35.9 Å². The van der Waals surface area contributed by atoms with Crippen molar-refractivity contribution in [2.75, 3.05) is 6.61 Å². The SMILES string of the molecule is CCCCCCCCCCCCCCCCCCOC(C)(C)OCc1ccccc1. The summed E-state index contributed by atoms with van der Waals surface area (Å²) in [7, 11) is 0. The lowest BCUT2D eigenvalue weighted by Gasteiger charge is -2.26. The maximum Gasteiger partial charge on any atom is 0.163 e. The first-order chi connectivity index (χ1) is 14.6. The minimum atomic E-state index is -0.509. The summed E-state index contributed by atoms with van der Waals surface area (Å²) in [5, 5.41) is 0. The molecule has 0 aliphatic heterocycles. The summed E-state index contributed by atoms with van der Waals surface area (Å²) in [6.07, 6.45) is 22.3. The van der Waals surface area contributed by atoms with Crippen LogP contribution in [0.25, 0.3) is 0 Å². The molecule has 30 heavy (non-hydrogen) atoms. The fraction of sp³-hybridized carbons (Fsp3) is 0.786. The minimum absolute atomic E-state index is 0.509. The molecule has 0 heterocycles. The van der Waals surface area contributed by atoms with E-state index < -0.39 is 5.79 Å². The van der Waals surface area contributed by atoms with Gasteiger partial charge in [-0.3, -0.25) is 0 Å². The first-order valence-corrected chi connectivity index (χ1v) is 13.0. The number of unbranched alkanes of at least 4 members (excludes halogenated alkanes) is 15. The molecule has 2 heteroatoms. The van der Waals surface area contributed by atoms with Crippen LogP contribution in [0.1, 0.15) is 129 Å². The van der Waals surface area contributed by atoms with E-state index in [1.165, 1.54) is 102 Å². The van der Waals surface area contributed by atoms with Gasteiger partial charge in [-0.05, 0) is 25.8 Å². The summed E-state index contributed by atoms with van der Waals surface area (Å²) < 4.78 is 11.9. The Morgan fingerprint density at radius 1 is 0.567 bits per heavy atom. The van der Waals surface area contributed by atoms with Crippen LogP contribution in [-0.4, -0.2) is 12.4 Å². The Balaban J connectivity index is 1.80. The highest BCUT2D eigenvalue weighted by atomic mass is 16.7. The molecule has 0 aliphatic rings. The third-order valence-corrected chi connectivity index (χ3v) is 5.88. The second kappa shape index (κ2) is 18.9. The van der Waals surface area contributed by atoms with E-state index in [4.69, 9.17) is 9.47 Å². The number of hydrogen-bond acceptors (Lipinski definition) is 2. The van der Waals surface area contributed by atoms with E-state index >= 15 is 0 Å². The molecule has 0 unspecified atom stereocenters. The van der Waals surface area contributed by atoms with Crippen molar-refractivity contribution < 1.29 is 9.47 Å². The summed E-state index contributed by atoms with van der Waals surface area (Å²) in [4.78, 5) is 0. The Morgan fingerprint density at radius 2 is 1.00 bits per heavy atom. The van der Waals surface area contributed by atoms with Gasteiger partial charge in [0.2, 0.25) is 0 Å². The molecule has 1 aromatic carbocycles. The van der Waals surface area contributed by atoms with E-state index in [9.17, 15) is 0 Å². The van der Waals surface area contributed by atoms with Gasteiger partial charge >= 0.3 is 0 Å². The van der Waals surface area contributed by atoms with Crippen LogP contribution in [0.2, 0.25) is 0 Å². The molecule has 0 aromatic heterocycles. The Morgan fingerprint density at radius 3 is 1.47 bits per heavy atom. The van der Waals surface area contributed by atoms with E-state index in [1.807, 2.05) is 32.0 Å². The molecule has 0 atom stereocenters. The van der Waals surface area contributed by atoms with Crippen LogP contribution < -0.4 is 0 Å². The lowest BCUT2D eigenvalue weighted by molar-refractivity contribution is -0.220. The molecule has 0 N–H and O–H groups in total. The van der Waals surface area contributed by atoms with Crippen LogP contribution in [-0.2, 0) is 16.1 Å². The van der Waals surface area contributed by atoms with E-state index in [-0.39, 0.29) is 0 Å². The van der Waals surface area contributed by atoms with E-state index in [2.05, 4.69) is 19.1 Å². The van der Waals surface area contributed by atoms with E-state index in [0.717, 1.165) is 13.0 Å². The summed E-state index contributed by atoms with van der Waals surface area (Å²) >= 11 is 0. The van der Waals surface area contributed by atoms with Crippen molar-refractivity contribution >= 4 is 0 Å². The average Bonchev–Trinajstić information content (AvgIpc) is 2.75. The second-order valence-electron chi connectivity index (χ2n) is 9.33. The van der Waals surface area contributed by atoms with Gasteiger partial charge < -0.3 is 9.47 Å². The molecule has 0 spiro atoms. The Kier molecular flexibility index (Phi) is 17.1. The molecule has 2 nitrogen and oxygen atoms in total. The van der Waals surface area contributed by atoms with Gasteiger partial charge in [-0.15, -0.1) is 0 Å². The van der Waals surface area contributed by atoms with Gasteiger partial charge in [-0.1, -0.05) is 134 Å². The molecular formula is C28H50O2. The highest BCUT2D eigenvalue weighted by molar-refractivity contribution is 5.13. The van der Waals surface area contributed by atoms with Crippen molar-refractivity contribution in [3.8, 4) is 0 Å². The highest BCUT2D eigenvalue weighted by Crippen LogP contribution is 2.17. The minimum Gasteiger partial charge on any atom is -0.351 e. The lowest BCUT2D eigenvalue weighted by Crippen LogP contribution is -2.28.